The summed E-state index contributed by atoms with van der Waals surface area (Å²) in [4.78, 5) is 11.5. The molecule has 43 heavy (non-hydrogen) atoms. The molecule has 232 valence electrons. The van der Waals surface area contributed by atoms with Crippen molar-refractivity contribution in [1.29, 1.82) is 0 Å². The Balaban J connectivity index is 1.42. The first-order chi connectivity index (χ1) is 20.8. The number of nitrogens with two attached hydrogens (primary N) is 1. The second-order valence-electron chi connectivity index (χ2n) is 11.2. The number of nitrogens with zero attached hydrogens (tertiary/aromatic N) is 4. The molecule has 1 atom stereocenters. The lowest BCUT2D eigenvalue weighted by atomic mass is 10.1. The van der Waals surface area contributed by atoms with Crippen molar-refractivity contribution < 1.29 is 18.3 Å². The van der Waals surface area contributed by atoms with Crippen molar-refractivity contribution in [2.75, 3.05) is 62.5 Å². The first-order valence-electron chi connectivity index (χ1n) is 15.0. The van der Waals surface area contributed by atoms with Gasteiger partial charge in [0.05, 0.1) is 30.7 Å². The van der Waals surface area contributed by atoms with Gasteiger partial charge >= 0.3 is 0 Å². The van der Waals surface area contributed by atoms with Crippen molar-refractivity contribution in [2.45, 2.75) is 45.3 Å². The van der Waals surface area contributed by atoms with E-state index in [-0.39, 0.29) is 30.1 Å². The van der Waals surface area contributed by atoms with Crippen LogP contribution in [0, 0.1) is 0 Å². The molecule has 5 rings (SSSR count). The fourth-order valence-corrected chi connectivity index (χ4v) is 7.15. The molecule has 2 aromatic carbocycles. The monoisotopic (exact) mass is 609 g/mol. The number of aromatic nitrogens is 3. The van der Waals surface area contributed by atoms with Crippen LogP contribution in [0.4, 0.5) is 11.8 Å². The summed E-state index contributed by atoms with van der Waals surface area (Å²) < 4.78 is 31.4. The molecule has 0 amide bonds. The zero-order valence-corrected chi connectivity index (χ0v) is 25.9. The zero-order chi connectivity index (χ0) is 30.4. The topological polar surface area (TPSA) is 148 Å². The number of benzene rings is 2. The molecule has 4 aromatic rings. The normalized spacial score (nSPS) is 16.1. The van der Waals surface area contributed by atoms with Gasteiger partial charge in [0.15, 0.2) is 15.7 Å². The van der Waals surface area contributed by atoms with E-state index in [0.717, 1.165) is 64.7 Å². The van der Waals surface area contributed by atoms with Gasteiger partial charge in [-0.25, -0.2) is 13.4 Å². The van der Waals surface area contributed by atoms with E-state index in [2.05, 4.69) is 61.3 Å². The Kier molecular flexibility index (Phi) is 10.0. The van der Waals surface area contributed by atoms with E-state index >= 15 is 0 Å². The van der Waals surface area contributed by atoms with Crippen molar-refractivity contribution in [3.63, 3.8) is 0 Å². The Hall–Kier alpha value is -3.45. The van der Waals surface area contributed by atoms with E-state index in [1.54, 1.807) is 7.11 Å². The molecule has 5 N–H and O–H groups in total. The number of para-hydroxylation sites is 1. The summed E-state index contributed by atoms with van der Waals surface area (Å²) in [6.07, 6.45) is 2.48. The number of anilines is 2. The average Bonchev–Trinajstić information content (AvgIpc) is 3.29. The Bertz CT molecular complexity index is 1640. The summed E-state index contributed by atoms with van der Waals surface area (Å²) in [5.41, 5.74) is 11.0. The molecule has 0 radical (unpaired) electrons. The Morgan fingerprint density at radius 2 is 1.91 bits per heavy atom. The summed E-state index contributed by atoms with van der Waals surface area (Å²) >= 11 is 0. The number of ether oxygens (including phenoxy) is 1. The fraction of sp³-hybridized carbons (Fsp3) is 0.484. The third kappa shape index (κ3) is 7.38. The van der Waals surface area contributed by atoms with Crippen molar-refractivity contribution in [3.8, 4) is 5.75 Å². The number of rotatable bonds is 14. The lowest BCUT2D eigenvalue weighted by Gasteiger charge is -2.26. The summed E-state index contributed by atoms with van der Waals surface area (Å²) in [5.74, 6) is 2.14. The maximum atomic E-state index is 11.7. The van der Waals surface area contributed by atoms with E-state index < -0.39 is 9.84 Å². The summed E-state index contributed by atoms with van der Waals surface area (Å²) in [5, 5.41) is 17.7. The summed E-state index contributed by atoms with van der Waals surface area (Å²) in [6, 6.07) is 14.4. The molecule has 1 aliphatic rings. The van der Waals surface area contributed by atoms with E-state index in [1.807, 2.05) is 18.2 Å². The Morgan fingerprint density at radius 1 is 1.12 bits per heavy atom. The van der Waals surface area contributed by atoms with Crippen molar-refractivity contribution in [3.05, 3.63) is 53.6 Å². The predicted molar refractivity (Wildman–Crippen MR) is 172 cm³/mol. The molecular formula is C31H43N7O4S. The number of nitrogens with one attached hydrogen (secondary N) is 2. The number of aliphatic hydroxyl groups excluding tert-OH is 1. The largest absolute Gasteiger partial charge is 0.496 e. The number of sulfone groups is 1. The average molecular weight is 610 g/mol. The van der Waals surface area contributed by atoms with Crippen LogP contribution in [0.25, 0.3) is 21.9 Å². The van der Waals surface area contributed by atoms with Gasteiger partial charge in [0.1, 0.15) is 16.8 Å². The molecular weight excluding hydrogens is 566 g/mol. The molecule has 0 aliphatic carbocycles. The van der Waals surface area contributed by atoms with Crippen LogP contribution >= 0.6 is 0 Å². The summed E-state index contributed by atoms with van der Waals surface area (Å²) in [6.45, 7) is 6.21. The molecule has 1 aliphatic heterocycles. The Morgan fingerprint density at radius 3 is 2.65 bits per heavy atom. The van der Waals surface area contributed by atoms with Gasteiger partial charge in [0.25, 0.3) is 0 Å². The van der Waals surface area contributed by atoms with Gasteiger partial charge in [-0.05, 0) is 36.6 Å². The van der Waals surface area contributed by atoms with Crippen LogP contribution in [0.5, 0.6) is 5.75 Å². The van der Waals surface area contributed by atoms with Crippen LogP contribution in [-0.2, 0) is 22.9 Å². The maximum absolute atomic E-state index is 11.7. The molecule has 0 saturated carbocycles. The van der Waals surface area contributed by atoms with Crippen molar-refractivity contribution in [1.82, 2.24) is 24.8 Å². The SMILES string of the molecule is CCC[C@@H](CCO)Nc1nc(N)nc2c3ccccc3n(Cc3cc(CNCCN4CCS(=O)(=O)CC4)ccc3OC)c12. The standard InChI is InChI=1S/C31H43N7O4S/c1-3-6-24(11-16-39)34-30-29-28(35-31(32)36-30)25-7-4-5-8-26(25)38(29)21-23-19-22(9-10-27(23)42-2)20-33-12-13-37-14-17-43(40,41)18-15-37/h4-5,7-10,19,24,33,39H,3,6,11-18,20-21H2,1-2H3,(H3,32,34,35,36)/t24-/m0/s1. The van der Waals surface area contributed by atoms with Gasteiger partial charge in [-0.1, -0.05) is 37.6 Å². The number of fused-ring (bicyclic) bond motifs is 3. The molecule has 1 fully saturated rings. The van der Waals surface area contributed by atoms with E-state index in [0.29, 0.717) is 38.4 Å². The third-order valence-corrected chi connectivity index (χ3v) is 9.73. The first kappa shape index (κ1) is 31.0. The van der Waals surface area contributed by atoms with Gasteiger partial charge in [-0.15, -0.1) is 0 Å². The number of hydrogen-bond donors (Lipinski definition) is 4. The highest BCUT2D eigenvalue weighted by Gasteiger charge is 2.22. The molecule has 1 saturated heterocycles. The van der Waals surface area contributed by atoms with Crippen LogP contribution in [0.15, 0.2) is 42.5 Å². The zero-order valence-electron chi connectivity index (χ0n) is 25.1. The van der Waals surface area contributed by atoms with Crippen molar-refractivity contribution >= 4 is 43.5 Å². The summed E-state index contributed by atoms with van der Waals surface area (Å²) in [7, 11) is -1.19. The molecule has 0 bridgehead atoms. The number of hydrogen-bond acceptors (Lipinski definition) is 10. The highest BCUT2D eigenvalue weighted by Crippen LogP contribution is 2.34. The van der Waals surface area contributed by atoms with Crippen LogP contribution < -0.4 is 21.1 Å². The van der Waals surface area contributed by atoms with Crippen LogP contribution in [0.2, 0.25) is 0 Å². The molecule has 11 nitrogen and oxygen atoms in total. The van der Waals surface area contributed by atoms with Crippen LogP contribution in [0.1, 0.15) is 37.3 Å². The lowest BCUT2D eigenvalue weighted by molar-refractivity contribution is 0.276. The predicted octanol–water partition coefficient (Wildman–Crippen LogP) is 3.01. The van der Waals surface area contributed by atoms with E-state index in [4.69, 9.17) is 10.5 Å². The van der Waals surface area contributed by atoms with Gasteiger partial charge in [-0.2, -0.15) is 4.98 Å². The van der Waals surface area contributed by atoms with Crippen LogP contribution in [-0.4, -0.2) is 90.4 Å². The van der Waals surface area contributed by atoms with Gasteiger partial charge in [0.2, 0.25) is 5.95 Å². The minimum Gasteiger partial charge on any atom is -0.496 e. The van der Waals surface area contributed by atoms with Gasteiger partial charge in [-0.3, -0.25) is 0 Å². The minimum atomic E-state index is -2.87. The van der Waals surface area contributed by atoms with Gasteiger partial charge < -0.3 is 35.7 Å². The van der Waals surface area contributed by atoms with Crippen molar-refractivity contribution in [2.24, 2.45) is 0 Å². The number of aliphatic hydroxyl groups is 1. The van der Waals surface area contributed by atoms with Crippen LogP contribution in [0.3, 0.4) is 0 Å². The second-order valence-corrected chi connectivity index (χ2v) is 13.5. The molecule has 3 heterocycles. The molecule has 2 aromatic heterocycles. The number of methoxy groups -OCH3 is 1. The molecule has 0 spiro atoms. The lowest BCUT2D eigenvalue weighted by Crippen LogP contribution is -2.43. The smallest absolute Gasteiger partial charge is 0.222 e. The third-order valence-electron chi connectivity index (χ3n) is 8.12. The highest BCUT2D eigenvalue weighted by atomic mass is 32.2. The second kappa shape index (κ2) is 13.9. The van der Waals surface area contributed by atoms with E-state index in [1.165, 1.54) is 0 Å². The number of nitrogen functional groups attached to an aromatic ring is 1. The molecule has 12 heteroatoms. The Labute approximate surface area is 253 Å². The fourth-order valence-electron chi connectivity index (χ4n) is 5.88. The highest BCUT2D eigenvalue weighted by molar-refractivity contribution is 7.91. The maximum Gasteiger partial charge on any atom is 0.222 e. The quantitative estimate of drug-likeness (QED) is 0.157. The van der Waals surface area contributed by atoms with E-state index in [9.17, 15) is 13.5 Å². The molecule has 0 unspecified atom stereocenters. The minimum absolute atomic E-state index is 0.0530. The van der Waals surface area contributed by atoms with Gasteiger partial charge in [0, 0.05) is 56.3 Å². The first-order valence-corrected chi connectivity index (χ1v) is 16.8.